The summed E-state index contributed by atoms with van der Waals surface area (Å²) in [7, 11) is 2.90. The number of hydroxylamine groups is 1. The fourth-order valence-electron chi connectivity index (χ4n) is 1.97. The van der Waals surface area contributed by atoms with Crippen LogP contribution in [0.5, 0.6) is 0 Å². The minimum atomic E-state index is -0.469. The third kappa shape index (κ3) is 3.29. The molecular weight excluding hydrogens is 306 g/mol. The SMILES string of the molecule is CONC(=O)c1ccc(=O)n(C)c1Nc1ccc(C)cc1Cl. The monoisotopic (exact) mass is 321 g/mol. The molecule has 22 heavy (non-hydrogen) atoms. The molecule has 6 nitrogen and oxygen atoms in total. The number of anilines is 2. The van der Waals surface area contributed by atoms with Crippen molar-refractivity contribution in [3.05, 3.63) is 56.8 Å². The van der Waals surface area contributed by atoms with Crippen molar-refractivity contribution in [3.63, 3.8) is 0 Å². The molecule has 7 heteroatoms. The third-order valence-corrected chi connectivity index (χ3v) is 3.44. The number of amides is 1. The molecule has 1 heterocycles. The standard InChI is InChI=1S/C15H16ClN3O3/c1-9-4-6-12(11(16)8-9)17-14-10(15(21)18-22-3)5-7-13(20)19(14)2/h4-8,17H,1-3H3,(H,18,21). The zero-order chi connectivity index (χ0) is 16.3. The smallest absolute Gasteiger partial charge is 0.278 e. The van der Waals surface area contributed by atoms with Gasteiger partial charge in [-0.3, -0.25) is 19.0 Å². The maximum atomic E-state index is 12.0. The molecule has 1 amide bonds. The Morgan fingerprint density at radius 1 is 1.27 bits per heavy atom. The summed E-state index contributed by atoms with van der Waals surface area (Å²) >= 11 is 6.19. The van der Waals surface area contributed by atoms with Crippen LogP contribution in [0.25, 0.3) is 0 Å². The van der Waals surface area contributed by atoms with Crippen LogP contribution in [0.4, 0.5) is 11.5 Å². The number of hydrogen-bond donors (Lipinski definition) is 2. The Morgan fingerprint density at radius 2 is 2.00 bits per heavy atom. The first-order valence-corrected chi connectivity index (χ1v) is 6.88. The van der Waals surface area contributed by atoms with Crippen LogP contribution in [0.3, 0.4) is 0 Å². The molecule has 0 unspecified atom stereocenters. The van der Waals surface area contributed by atoms with Crippen molar-refractivity contribution in [2.45, 2.75) is 6.92 Å². The Bertz CT molecular complexity index is 771. The summed E-state index contributed by atoms with van der Waals surface area (Å²) in [5.41, 5.74) is 3.85. The first-order valence-electron chi connectivity index (χ1n) is 6.50. The summed E-state index contributed by atoms with van der Waals surface area (Å²) in [4.78, 5) is 28.5. The van der Waals surface area contributed by atoms with Crippen molar-refractivity contribution in [3.8, 4) is 0 Å². The van der Waals surface area contributed by atoms with Crippen LogP contribution >= 0.6 is 11.6 Å². The highest BCUT2D eigenvalue weighted by Gasteiger charge is 2.16. The lowest BCUT2D eigenvalue weighted by Gasteiger charge is -2.16. The van der Waals surface area contributed by atoms with Gasteiger partial charge in [0.1, 0.15) is 5.82 Å². The van der Waals surface area contributed by atoms with Gasteiger partial charge in [0.15, 0.2) is 0 Å². The van der Waals surface area contributed by atoms with Gasteiger partial charge in [-0.05, 0) is 30.7 Å². The zero-order valence-electron chi connectivity index (χ0n) is 12.4. The summed E-state index contributed by atoms with van der Waals surface area (Å²) < 4.78 is 1.33. The Balaban J connectivity index is 2.50. The molecule has 0 radical (unpaired) electrons. The number of pyridine rings is 1. The van der Waals surface area contributed by atoms with Gasteiger partial charge in [0, 0.05) is 13.1 Å². The van der Waals surface area contributed by atoms with E-state index < -0.39 is 5.91 Å². The summed E-state index contributed by atoms with van der Waals surface area (Å²) in [6, 6.07) is 8.20. The molecule has 0 saturated carbocycles. The van der Waals surface area contributed by atoms with E-state index in [-0.39, 0.29) is 11.1 Å². The zero-order valence-corrected chi connectivity index (χ0v) is 13.2. The Labute approximate surface area is 132 Å². The molecule has 0 bridgehead atoms. The molecule has 116 valence electrons. The first-order chi connectivity index (χ1) is 10.4. The highest BCUT2D eigenvalue weighted by Crippen LogP contribution is 2.27. The number of carbonyl (C=O) groups is 1. The quantitative estimate of drug-likeness (QED) is 0.848. The third-order valence-electron chi connectivity index (χ3n) is 3.13. The molecule has 0 spiro atoms. The molecule has 2 aromatic rings. The molecule has 0 aliphatic heterocycles. The van der Waals surface area contributed by atoms with Crippen molar-refractivity contribution in [2.75, 3.05) is 12.4 Å². The molecule has 0 aliphatic carbocycles. The summed E-state index contributed by atoms with van der Waals surface area (Å²) in [6.45, 7) is 1.92. The van der Waals surface area contributed by atoms with Crippen molar-refractivity contribution in [1.82, 2.24) is 10.0 Å². The van der Waals surface area contributed by atoms with Crippen molar-refractivity contribution in [1.29, 1.82) is 0 Å². The van der Waals surface area contributed by atoms with Crippen molar-refractivity contribution < 1.29 is 9.63 Å². The van der Waals surface area contributed by atoms with Crippen LogP contribution < -0.4 is 16.4 Å². The van der Waals surface area contributed by atoms with E-state index in [0.29, 0.717) is 16.5 Å². The van der Waals surface area contributed by atoms with Gasteiger partial charge in [-0.1, -0.05) is 17.7 Å². The lowest BCUT2D eigenvalue weighted by atomic mass is 10.2. The summed E-state index contributed by atoms with van der Waals surface area (Å²) in [5, 5.41) is 3.53. The first kappa shape index (κ1) is 16.1. The number of nitrogens with zero attached hydrogens (tertiary/aromatic N) is 1. The van der Waals surface area contributed by atoms with Gasteiger partial charge in [0.2, 0.25) is 0 Å². The molecule has 0 saturated heterocycles. The minimum absolute atomic E-state index is 0.250. The van der Waals surface area contributed by atoms with Crippen LogP contribution in [0.1, 0.15) is 15.9 Å². The van der Waals surface area contributed by atoms with E-state index in [0.717, 1.165) is 5.56 Å². The number of aryl methyl sites for hydroxylation is 1. The predicted octanol–water partition coefficient (Wildman–Crippen LogP) is 2.38. The predicted molar refractivity (Wildman–Crippen MR) is 85.6 cm³/mol. The van der Waals surface area contributed by atoms with E-state index in [4.69, 9.17) is 11.6 Å². The van der Waals surface area contributed by atoms with E-state index >= 15 is 0 Å². The van der Waals surface area contributed by atoms with Crippen LogP contribution in [0.2, 0.25) is 5.02 Å². The highest BCUT2D eigenvalue weighted by atomic mass is 35.5. The van der Waals surface area contributed by atoms with Gasteiger partial charge in [0.05, 0.1) is 23.4 Å². The maximum absolute atomic E-state index is 12.0. The van der Waals surface area contributed by atoms with E-state index in [2.05, 4.69) is 15.6 Å². The van der Waals surface area contributed by atoms with Crippen LogP contribution in [0, 0.1) is 6.92 Å². The van der Waals surface area contributed by atoms with E-state index in [1.807, 2.05) is 13.0 Å². The highest BCUT2D eigenvalue weighted by molar-refractivity contribution is 6.33. The topological polar surface area (TPSA) is 72.4 Å². The number of rotatable bonds is 4. The number of hydrogen-bond acceptors (Lipinski definition) is 4. The van der Waals surface area contributed by atoms with Crippen molar-refractivity contribution in [2.24, 2.45) is 7.05 Å². The van der Waals surface area contributed by atoms with E-state index in [1.54, 1.807) is 19.2 Å². The Hall–Kier alpha value is -2.31. The van der Waals surface area contributed by atoms with Gasteiger partial charge in [-0.2, -0.15) is 0 Å². The largest absolute Gasteiger partial charge is 0.340 e. The van der Waals surface area contributed by atoms with Gasteiger partial charge in [0.25, 0.3) is 11.5 Å². The molecule has 0 aliphatic rings. The molecule has 2 N–H and O–H groups in total. The summed E-state index contributed by atoms with van der Waals surface area (Å²) in [5.74, 6) is -0.142. The second kappa shape index (κ2) is 6.64. The van der Waals surface area contributed by atoms with Crippen molar-refractivity contribution >= 4 is 29.0 Å². The minimum Gasteiger partial charge on any atom is -0.340 e. The van der Waals surface area contributed by atoms with Crippen LogP contribution in [-0.4, -0.2) is 17.6 Å². The number of aromatic nitrogens is 1. The van der Waals surface area contributed by atoms with Gasteiger partial charge < -0.3 is 5.32 Å². The Morgan fingerprint density at radius 3 is 2.64 bits per heavy atom. The molecule has 0 fully saturated rings. The Kier molecular flexibility index (Phi) is 4.85. The normalized spacial score (nSPS) is 10.4. The summed E-state index contributed by atoms with van der Waals surface area (Å²) in [6.07, 6.45) is 0. The second-order valence-corrected chi connectivity index (χ2v) is 5.14. The molecule has 1 aromatic heterocycles. The van der Waals surface area contributed by atoms with Gasteiger partial charge >= 0.3 is 0 Å². The van der Waals surface area contributed by atoms with E-state index in [9.17, 15) is 9.59 Å². The van der Waals surface area contributed by atoms with Gasteiger partial charge in [-0.25, -0.2) is 5.48 Å². The number of halogens is 1. The van der Waals surface area contributed by atoms with Gasteiger partial charge in [-0.15, -0.1) is 0 Å². The number of carbonyl (C=O) groups excluding carboxylic acids is 1. The van der Waals surface area contributed by atoms with E-state index in [1.165, 1.54) is 23.8 Å². The number of nitrogens with one attached hydrogen (secondary N) is 2. The fraction of sp³-hybridized carbons (Fsp3) is 0.200. The van der Waals surface area contributed by atoms with Crippen LogP contribution in [0.15, 0.2) is 35.1 Å². The number of benzene rings is 1. The fourth-order valence-corrected chi connectivity index (χ4v) is 2.25. The molecule has 2 rings (SSSR count). The second-order valence-electron chi connectivity index (χ2n) is 4.74. The van der Waals surface area contributed by atoms with Crippen LogP contribution in [-0.2, 0) is 11.9 Å². The molecular formula is C15H16ClN3O3. The average Bonchev–Trinajstić information content (AvgIpc) is 2.46. The lowest BCUT2D eigenvalue weighted by molar-refractivity contribution is 0.0538. The average molecular weight is 322 g/mol. The molecule has 1 aromatic carbocycles. The lowest BCUT2D eigenvalue weighted by Crippen LogP contribution is -2.27. The maximum Gasteiger partial charge on any atom is 0.278 e. The molecule has 0 atom stereocenters.